The van der Waals surface area contributed by atoms with Gasteiger partial charge in [-0.25, -0.2) is 9.18 Å². The standard InChI is InChI=1S/C11H9FN2O3S/c12-8-3-1-7(2-4-8)6-18(17)10-5-9(11(15)16)13-14-10/h1-5H,6H2,(H,13,14)(H,15,16). The van der Waals surface area contributed by atoms with Crippen LogP contribution in [0.25, 0.3) is 0 Å². The molecule has 1 atom stereocenters. The molecule has 94 valence electrons. The Morgan fingerprint density at radius 1 is 1.39 bits per heavy atom. The van der Waals surface area contributed by atoms with Crippen LogP contribution in [-0.2, 0) is 16.6 Å². The lowest BCUT2D eigenvalue weighted by Crippen LogP contribution is -1.97. The molecule has 5 nitrogen and oxygen atoms in total. The van der Waals surface area contributed by atoms with Gasteiger partial charge in [-0.2, -0.15) is 5.10 Å². The van der Waals surface area contributed by atoms with Gasteiger partial charge in [-0.15, -0.1) is 0 Å². The summed E-state index contributed by atoms with van der Waals surface area (Å²) in [5.41, 5.74) is 0.513. The molecule has 0 aliphatic heterocycles. The Hall–Kier alpha value is -2.02. The largest absolute Gasteiger partial charge is 0.476 e. The van der Waals surface area contributed by atoms with Gasteiger partial charge < -0.3 is 5.11 Å². The molecule has 0 aliphatic rings. The second kappa shape index (κ2) is 5.09. The quantitative estimate of drug-likeness (QED) is 0.881. The summed E-state index contributed by atoms with van der Waals surface area (Å²) in [7, 11) is -1.44. The van der Waals surface area contributed by atoms with Gasteiger partial charge in [-0.3, -0.25) is 9.31 Å². The molecule has 2 N–H and O–H groups in total. The van der Waals surface area contributed by atoms with Crippen molar-refractivity contribution in [2.75, 3.05) is 0 Å². The van der Waals surface area contributed by atoms with Crippen LogP contribution >= 0.6 is 0 Å². The summed E-state index contributed by atoms with van der Waals surface area (Å²) in [5, 5.41) is 14.8. The molecule has 0 saturated heterocycles. The van der Waals surface area contributed by atoms with Crippen molar-refractivity contribution >= 4 is 16.8 Å². The molecule has 0 bridgehead atoms. The normalized spacial score (nSPS) is 12.3. The third kappa shape index (κ3) is 2.80. The number of nitrogens with one attached hydrogen (secondary N) is 1. The van der Waals surface area contributed by atoms with Crippen LogP contribution in [0.15, 0.2) is 35.4 Å². The van der Waals surface area contributed by atoms with Crippen LogP contribution in [-0.4, -0.2) is 25.5 Å². The first-order valence-electron chi connectivity index (χ1n) is 4.98. The Morgan fingerprint density at radius 2 is 2.06 bits per heavy atom. The molecule has 18 heavy (non-hydrogen) atoms. The highest BCUT2D eigenvalue weighted by atomic mass is 32.2. The van der Waals surface area contributed by atoms with E-state index in [2.05, 4.69) is 10.2 Å². The number of carbonyl (C=O) groups is 1. The molecular formula is C11H9FN2O3S. The lowest BCUT2D eigenvalue weighted by molar-refractivity contribution is 0.0690. The number of hydrogen-bond acceptors (Lipinski definition) is 3. The molecule has 0 fully saturated rings. The van der Waals surface area contributed by atoms with E-state index in [9.17, 15) is 13.4 Å². The Labute approximate surface area is 104 Å². The summed E-state index contributed by atoms with van der Waals surface area (Å²) < 4.78 is 24.6. The molecule has 2 aromatic rings. The molecule has 2 rings (SSSR count). The van der Waals surface area contributed by atoms with E-state index in [0.29, 0.717) is 5.56 Å². The second-order valence-electron chi connectivity index (χ2n) is 3.54. The van der Waals surface area contributed by atoms with Crippen molar-refractivity contribution in [3.05, 3.63) is 47.4 Å². The number of hydrogen-bond donors (Lipinski definition) is 2. The van der Waals surface area contributed by atoms with Gasteiger partial charge in [-0.1, -0.05) is 12.1 Å². The van der Waals surface area contributed by atoms with Crippen LogP contribution in [0.5, 0.6) is 0 Å². The van der Waals surface area contributed by atoms with Crippen molar-refractivity contribution < 1.29 is 18.5 Å². The van der Waals surface area contributed by atoms with Gasteiger partial charge in [0.15, 0.2) is 5.69 Å². The highest BCUT2D eigenvalue weighted by molar-refractivity contribution is 7.84. The Kier molecular flexibility index (Phi) is 3.52. The van der Waals surface area contributed by atoms with E-state index in [4.69, 9.17) is 5.11 Å². The molecule has 1 aromatic carbocycles. The first kappa shape index (κ1) is 12.4. The molecule has 0 spiro atoms. The Balaban J connectivity index is 2.11. The van der Waals surface area contributed by atoms with E-state index >= 15 is 0 Å². The number of halogens is 1. The van der Waals surface area contributed by atoms with Gasteiger partial charge in [0.1, 0.15) is 10.8 Å². The Bertz CT molecular complexity index is 595. The summed E-state index contributed by atoms with van der Waals surface area (Å²) in [6.45, 7) is 0. The SMILES string of the molecule is O=C(O)c1cc(S(=O)Cc2ccc(F)cc2)[nH]n1. The predicted molar refractivity (Wildman–Crippen MR) is 62.1 cm³/mol. The van der Waals surface area contributed by atoms with Gasteiger partial charge in [0, 0.05) is 6.07 Å². The minimum atomic E-state index is -1.44. The van der Waals surface area contributed by atoms with Gasteiger partial charge in [0.05, 0.1) is 16.6 Å². The number of carboxylic acids is 1. The minimum absolute atomic E-state index is 0.168. The third-order valence-corrected chi connectivity index (χ3v) is 3.53. The van der Waals surface area contributed by atoms with Gasteiger partial charge >= 0.3 is 5.97 Å². The van der Waals surface area contributed by atoms with E-state index < -0.39 is 16.8 Å². The average molecular weight is 268 g/mol. The number of benzene rings is 1. The number of H-pyrrole nitrogens is 1. The van der Waals surface area contributed by atoms with Gasteiger partial charge in [0.25, 0.3) is 0 Å². The molecule has 0 aliphatic carbocycles. The lowest BCUT2D eigenvalue weighted by atomic mass is 10.2. The summed E-state index contributed by atoms with van der Waals surface area (Å²) in [5.74, 6) is -1.38. The zero-order valence-corrected chi connectivity index (χ0v) is 9.91. The number of nitrogens with zero attached hydrogens (tertiary/aromatic N) is 1. The van der Waals surface area contributed by atoms with Gasteiger partial charge in [0.2, 0.25) is 0 Å². The second-order valence-corrected chi connectivity index (χ2v) is 4.96. The van der Waals surface area contributed by atoms with Crippen molar-refractivity contribution in [3.8, 4) is 0 Å². The van der Waals surface area contributed by atoms with Crippen LogP contribution in [0.1, 0.15) is 16.1 Å². The van der Waals surface area contributed by atoms with E-state index in [-0.39, 0.29) is 22.3 Å². The number of carboxylic acid groups (broad SMARTS) is 1. The number of aromatic carboxylic acids is 1. The molecule has 7 heteroatoms. The minimum Gasteiger partial charge on any atom is -0.476 e. The fourth-order valence-electron chi connectivity index (χ4n) is 1.34. The maximum Gasteiger partial charge on any atom is 0.356 e. The fourth-order valence-corrected chi connectivity index (χ4v) is 2.38. The van der Waals surface area contributed by atoms with Crippen molar-refractivity contribution in [2.24, 2.45) is 0 Å². The van der Waals surface area contributed by atoms with E-state index in [0.717, 1.165) is 0 Å². The maximum absolute atomic E-state index is 12.7. The van der Waals surface area contributed by atoms with Crippen LogP contribution in [0.2, 0.25) is 0 Å². The molecule has 0 saturated carbocycles. The molecule has 1 aromatic heterocycles. The third-order valence-electron chi connectivity index (χ3n) is 2.23. The zero-order chi connectivity index (χ0) is 13.1. The summed E-state index contributed by atoms with van der Waals surface area (Å²) in [4.78, 5) is 10.6. The highest BCUT2D eigenvalue weighted by Crippen LogP contribution is 2.12. The van der Waals surface area contributed by atoms with E-state index in [1.807, 2.05) is 0 Å². The predicted octanol–water partition coefficient (Wildman–Crippen LogP) is 1.55. The van der Waals surface area contributed by atoms with Crippen LogP contribution in [0.4, 0.5) is 4.39 Å². The van der Waals surface area contributed by atoms with Crippen molar-refractivity contribution in [3.63, 3.8) is 0 Å². The zero-order valence-electron chi connectivity index (χ0n) is 9.09. The molecule has 0 amide bonds. The fraction of sp³-hybridized carbons (Fsp3) is 0.0909. The summed E-state index contributed by atoms with van der Waals surface area (Å²) in [6, 6.07) is 6.84. The van der Waals surface area contributed by atoms with E-state index in [1.54, 1.807) is 0 Å². The molecule has 1 heterocycles. The van der Waals surface area contributed by atoms with E-state index in [1.165, 1.54) is 30.3 Å². The molecule has 0 radical (unpaired) electrons. The maximum atomic E-state index is 12.7. The van der Waals surface area contributed by atoms with Crippen molar-refractivity contribution in [1.82, 2.24) is 10.2 Å². The topological polar surface area (TPSA) is 83.0 Å². The van der Waals surface area contributed by atoms with Crippen molar-refractivity contribution in [2.45, 2.75) is 10.8 Å². The highest BCUT2D eigenvalue weighted by Gasteiger charge is 2.13. The first-order chi connectivity index (χ1) is 8.56. The van der Waals surface area contributed by atoms with Crippen LogP contribution in [0, 0.1) is 5.82 Å². The first-order valence-corrected chi connectivity index (χ1v) is 6.29. The monoisotopic (exact) mass is 268 g/mol. The lowest BCUT2D eigenvalue weighted by Gasteiger charge is -1.99. The molecular weight excluding hydrogens is 259 g/mol. The number of rotatable bonds is 4. The summed E-state index contributed by atoms with van der Waals surface area (Å²) in [6.07, 6.45) is 0. The van der Waals surface area contributed by atoms with Crippen molar-refractivity contribution in [1.29, 1.82) is 0 Å². The van der Waals surface area contributed by atoms with Crippen LogP contribution in [0.3, 0.4) is 0 Å². The average Bonchev–Trinajstić information content (AvgIpc) is 2.81. The number of aromatic nitrogens is 2. The number of aromatic amines is 1. The summed E-state index contributed by atoms with van der Waals surface area (Å²) >= 11 is 0. The Morgan fingerprint density at radius 3 is 2.61 bits per heavy atom. The molecule has 1 unspecified atom stereocenters. The smallest absolute Gasteiger partial charge is 0.356 e. The van der Waals surface area contributed by atoms with Crippen LogP contribution < -0.4 is 0 Å². The van der Waals surface area contributed by atoms with Gasteiger partial charge in [-0.05, 0) is 17.7 Å².